The summed E-state index contributed by atoms with van der Waals surface area (Å²) in [6.07, 6.45) is -17.4. The predicted octanol–water partition coefficient (Wildman–Crippen LogP) is 6.98. The quantitative estimate of drug-likeness (QED) is 0.0345. The molecule has 12 aliphatic heterocycles. The standard InChI is InChI=1S/C25H28BFN8O10P2S.C24H24B2F2N8O9P2.C24H25BF2N8O9P2S/c1-38-20-19-14(43-25(20)34-6-11-3-5-39-33-12-2-4-29-22(34)15(11)12)7-40-46(26,36)44-18-13(8-41-47(37,48)45-19)42-24(16(18)27)35-10-32-17-21(28)30-9-31-23(17)35;25-46(37)41-7-13-19(16(28)24(43-13)36-9-33-17-20(29)31-8-32-22(17)36)45-47(26,38)40-6-12-18(44-46)15(27)23(42-12)35-5-10-2-4-39-34-11-1-3-30-21(35)14(10)11;25-45(36)39-6-12-19(16(27)24(42-12)35-9-32-17-20(28)30-8-31-22(17)35)44-46(37,47)40-7-13-18(43-45)15(26)23(41-13)34-5-10-2-4-38-33-11-1-3-29-21(34)14(10)11/h2,4,6,9-10,13-14,16,18-20,24-25,33H,3,5,7-8H2,1H3,(H,37,48)(H2,28,30,31);1,3,5,8-9,12-13,15-16,18-19,23-24,34H,2,4,6-7H2,(H2,29,31,32);1,3,5,8-9,12-13,15-16,18-19,23-24,33H,2,4,6-7H2,(H,37,47)(H2,28,30,31)/t13-,14-,16?,18+,19?,20+,24-,25-,46?,47?;12-,13-,15+,16?,18?,19+,23-,24-,46?,47?;12-,13-,15+,16?,18?,19+,23-,24-,45?,46?/m111/s1. The maximum atomic E-state index is 16.3. The predicted molar refractivity (Wildman–Crippen MR) is 488 cm³/mol. The number of rotatable bonds is 7. The van der Waals surface area contributed by atoms with Crippen LogP contribution in [-0.4, -0.2) is 299 Å². The third-order valence-electron chi connectivity index (χ3n) is 25.1. The number of methoxy groups -OCH3 is 1. The van der Waals surface area contributed by atoms with Gasteiger partial charge in [0.05, 0.1) is 95.5 Å². The summed E-state index contributed by atoms with van der Waals surface area (Å²) in [4.78, 5) is 76.9. The van der Waals surface area contributed by atoms with Crippen LogP contribution in [0.15, 0.2) is 93.3 Å². The second-order valence-corrected chi connectivity index (χ2v) is 45.7. The van der Waals surface area contributed by atoms with Crippen molar-refractivity contribution in [2.24, 2.45) is 0 Å². The van der Waals surface area contributed by atoms with Gasteiger partial charge in [0.25, 0.3) is 29.9 Å². The fourth-order valence-electron chi connectivity index (χ4n) is 18.8. The molecule has 12 aromatic heterocycles. The summed E-state index contributed by atoms with van der Waals surface area (Å²) in [7, 11) is 6.89. The number of ether oxygens (including phenoxy) is 7. The van der Waals surface area contributed by atoms with Gasteiger partial charge in [0.1, 0.15) is 132 Å². The molecule has 52 nitrogen and oxygen atoms in total. The second kappa shape index (κ2) is 38.4. The third kappa shape index (κ3) is 18.6. The molecule has 24 heterocycles. The first-order chi connectivity index (χ1) is 68.0. The lowest BCUT2D eigenvalue weighted by Gasteiger charge is -2.29. The highest BCUT2D eigenvalue weighted by Crippen LogP contribution is 2.62. The zero-order valence-corrected chi connectivity index (χ0v) is 80.1. The molecule has 24 rings (SSSR count). The Kier molecular flexibility index (Phi) is 26.6. The fraction of sp³-hybridized carbons (Fsp3) is 0.507. The smallest absolute Gasteiger partial charge is 0.382 e. The molecule has 0 saturated carbocycles. The number of fused-ring (bicyclic) bond motifs is 9. The lowest BCUT2D eigenvalue weighted by atomic mass is 10.1. The van der Waals surface area contributed by atoms with E-state index in [2.05, 4.69) is 88.5 Å². The number of alkyl halides is 5. The third-order valence-corrected chi connectivity index (χ3v) is 32.5. The van der Waals surface area contributed by atoms with Gasteiger partial charge in [-0.1, -0.05) is 12.2 Å². The number of imidazole rings is 3. The molecule has 0 aliphatic carbocycles. The molecule has 9 fully saturated rings. The Labute approximate surface area is 810 Å². The van der Waals surface area contributed by atoms with Crippen molar-refractivity contribution in [2.45, 2.75) is 167 Å². The molecule has 0 spiro atoms. The molecule has 0 bridgehead atoms. The van der Waals surface area contributed by atoms with Gasteiger partial charge in [-0.15, -0.1) is 0 Å². The highest BCUT2D eigenvalue weighted by atomic mass is 32.7. The van der Waals surface area contributed by atoms with E-state index in [1.165, 1.54) is 74.0 Å². The molecule has 0 aromatic carbocycles. The average Bonchev–Trinajstić information content (AvgIpc) is 1.55. The molecule has 142 heavy (non-hydrogen) atoms. The van der Waals surface area contributed by atoms with Gasteiger partial charge in [0, 0.05) is 79.7 Å². The largest absolute Gasteiger partial charge is 0.386 e. The van der Waals surface area contributed by atoms with Gasteiger partial charge >= 0.3 is 13.5 Å². The maximum Gasteiger partial charge on any atom is 0.386 e. The highest BCUT2D eigenvalue weighted by molar-refractivity contribution is 8.44. The van der Waals surface area contributed by atoms with Crippen LogP contribution in [0, 0.1) is 0 Å². The van der Waals surface area contributed by atoms with E-state index in [9.17, 15) is 27.7 Å². The summed E-state index contributed by atoms with van der Waals surface area (Å²) in [5.41, 5.74) is 33.1. The Bertz CT molecular complexity index is 6930. The van der Waals surface area contributed by atoms with Crippen LogP contribution in [0.3, 0.4) is 0 Å². The van der Waals surface area contributed by atoms with E-state index in [-0.39, 0.29) is 50.9 Å². The number of hydrogen-bond acceptors (Lipinski definition) is 46. The number of nitrogen functional groups attached to an aromatic ring is 3. The molecule has 12 aliphatic rings. The van der Waals surface area contributed by atoms with Gasteiger partial charge in [0.2, 0.25) is 30.3 Å². The molecule has 8 radical (unpaired) electrons. The van der Waals surface area contributed by atoms with Gasteiger partial charge < -0.3 is 110 Å². The molecule has 12 aromatic rings. The number of halogens is 5. The lowest BCUT2D eigenvalue weighted by molar-refractivity contribution is -0.0586. The van der Waals surface area contributed by atoms with Crippen LogP contribution in [0.2, 0.25) is 0 Å². The van der Waals surface area contributed by atoms with Crippen LogP contribution < -0.4 is 33.6 Å². The van der Waals surface area contributed by atoms with E-state index >= 15 is 22.0 Å². The SMILES string of the molecule is [B]P1(=O)OC[C@H]2O[C@@H](n3cc4c5c(ccnc53)NOCC4)[C@@H](OC)C2OP(=O)(S)OC[C@H]2O[C@@H](n3cnc4c(N)ncnc43)C(F)[C@H]2O1.[B]P1(=O)OC[C@H]2O[C@@H](n3cnc4c(N)ncnc43)C(F)[C@H]2OP(O)(=S)OC[C@H]2O[C@@H](n3cc4c5c(ccnc53)NOCC4)[C@@H](F)C2O1.[B]P1(=O)OC[C@H]2O[C@@H](n3cnc4c(N)ncnc43)C(F)[C@H]2OP([B])(=O)OC[C@H]2O[C@@H](n3cc4c5c(ccnc53)NOCC4)[C@@H](F)C2O1. The van der Waals surface area contributed by atoms with Crippen molar-refractivity contribution in [3.8, 4) is 0 Å². The summed E-state index contributed by atoms with van der Waals surface area (Å²) in [5, 5.41) is 2.23. The first kappa shape index (κ1) is 98.3. The molecule has 30 atom stereocenters. The summed E-state index contributed by atoms with van der Waals surface area (Å²) in [6, 6.07) is 5.21. The second-order valence-electron chi connectivity index (χ2n) is 33.8. The number of nitrogens with zero attached hydrogens (tertiary/aromatic N) is 18. The first-order valence-corrected chi connectivity index (χ1v) is 55.0. The highest BCUT2D eigenvalue weighted by Gasteiger charge is 2.60. The van der Waals surface area contributed by atoms with Crippen molar-refractivity contribution in [3.63, 3.8) is 0 Å². The van der Waals surface area contributed by atoms with Gasteiger partial charge in [0.15, 0.2) is 103 Å². The Hall–Kier alpha value is -8.34. The molecule has 10 N–H and O–H groups in total. The normalized spacial score (nSPS) is 37.7. The minimum absolute atomic E-state index is 0.0441. The Morgan fingerprint density at radius 3 is 1.01 bits per heavy atom. The number of anilines is 6. The van der Waals surface area contributed by atoms with E-state index in [0.29, 0.717) is 78.2 Å². The van der Waals surface area contributed by atoms with Gasteiger partial charge in [-0.3, -0.25) is 76.5 Å². The van der Waals surface area contributed by atoms with Crippen molar-refractivity contribution >= 4 is 199 Å². The van der Waals surface area contributed by atoms with E-state index in [0.717, 1.165) is 34.1 Å². The van der Waals surface area contributed by atoms with Crippen molar-refractivity contribution in [1.29, 1.82) is 0 Å². The average molecular weight is 2130 g/mol. The Morgan fingerprint density at radius 1 is 0.394 bits per heavy atom. The van der Waals surface area contributed by atoms with E-state index < -0.39 is 231 Å². The van der Waals surface area contributed by atoms with E-state index in [1.54, 1.807) is 41.4 Å². The van der Waals surface area contributed by atoms with Gasteiger partial charge in [-0.2, -0.15) is 0 Å². The maximum absolute atomic E-state index is 16.3. The minimum atomic E-state index is -4.59. The summed E-state index contributed by atoms with van der Waals surface area (Å²) < 4.78 is 265. The van der Waals surface area contributed by atoms with Crippen LogP contribution in [0.5, 0.6) is 0 Å². The zero-order valence-electron chi connectivity index (χ0n) is 73.0. The summed E-state index contributed by atoms with van der Waals surface area (Å²) >= 11 is 9.41. The number of pyridine rings is 3. The summed E-state index contributed by atoms with van der Waals surface area (Å²) in [5.74, 6) is 0.174. The van der Waals surface area contributed by atoms with Crippen LogP contribution in [0.1, 0.15) is 54.1 Å². The van der Waals surface area contributed by atoms with E-state index in [4.69, 9.17) is 161 Å². The van der Waals surface area contributed by atoms with Crippen molar-refractivity contribution in [3.05, 3.63) is 110 Å². The number of nitrogens with two attached hydrogens (primary N) is 3. The number of hydrogen-bond donors (Lipinski definition) is 8. The molecule has 746 valence electrons. The minimum Gasteiger partial charge on any atom is -0.382 e. The van der Waals surface area contributed by atoms with Gasteiger partial charge in [-0.05, 0) is 46.7 Å². The number of thiol groups is 1. The number of nitrogens with one attached hydrogen (secondary N) is 3. The van der Waals surface area contributed by atoms with Crippen LogP contribution in [0.4, 0.5) is 56.5 Å². The van der Waals surface area contributed by atoms with Gasteiger partial charge in [-0.25, -0.2) is 86.3 Å². The molecule has 0 amide bonds. The van der Waals surface area contributed by atoms with Crippen LogP contribution in [0.25, 0.3) is 66.6 Å². The molecule has 69 heteroatoms. The number of aromatic nitrogens is 18. The van der Waals surface area contributed by atoms with Crippen molar-refractivity contribution in [2.75, 3.05) is 100 Å². The first-order valence-electron chi connectivity index (χ1n) is 43.2. The molecule has 9 saturated heterocycles. The van der Waals surface area contributed by atoms with Crippen molar-refractivity contribution in [1.82, 2.24) is 87.2 Å². The monoisotopic (exact) mass is 2130 g/mol. The Balaban J connectivity index is 0.000000122. The zero-order chi connectivity index (χ0) is 98.7. The molecule has 12 unspecified atom stereocenters. The van der Waals surface area contributed by atoms with Crippen LogP contribution in [-0.2, 0) is 156 Å². The molecular weight excluding hydrogens is 2050 g/mol. The lowest BCUT2D eigenvalue weighted by Crippen LogP contribution is -2.38. The topological polar surface area (TPSA) is 607 Å². The molecular formula is C73H77B4F5N24O28P6S2. The fourth-order valence-corrected chi connectivity index (χ4v) is 25.7. The van der Waals surface area contributed by atoms with Crippen molar-refractivity contribution < 1.29 is 152 Å². The Morgan fingerprint density at radius 2 is 0.683 bits per heavy atom. The van der Waals surface area contributed by atoms with E-state index in [1.807, 2.05) is 6.20 Å². The van der Waals surface area contributed by atoms with Crippen LogP contribution >= 0.6 is 55.7 Å². The summed E-state index contributed by atoms with van der Waals surface area (Å²) in [6.45, 7) is -11.1.